The monoisotopic (exact) mass is 355 g/mol. The van der Waals surface area contributed by atoms with Gasteiger partial charge in [0.05, 0.1) is 4.88 Å². The third-order valence-corrected chi connectivity index (χ3v) is 5.17. The third kappa shape index (κ3) is 3.02. The van der Waals surface area contributed by atoms with Crippen LogP contribution in [0.4, 0.5) is 5.69 Å². The Morgan fingerprint density at radius 2 is 2.24 bits per heavy atom. The molecular weight excluding hydrogens is 338 g/mol. The molecule has 1 atom stereocenters. The Balaban J connectivity index is 1.51. The molecule has 0 radical (unpaired) electrons. The number of hydrogen-bond acceptors (Lipinski definition) is 5. The van der Waals surface area contributed by atoms with Crippen molar-refractivity contribution in [1.29, 1.82) is 0 Å². The normalized spacial score (nSPS) is 17.2. The standard InChI is InChI=1S/C18H17N3O3S/c1-11-19-13-10-12(6-7-15(13)24-11)20-17(22)14-4-2-8-21(14)18(23)16-5-3-9-25-16/h3,5-7,9-10,14H,2,4,8H2,1H3,(H,20,22). The highest BCUT2D eigenvalue weighted by Crippen LogP contribution is 2.24. The van der Waals surface area contributed by atoms with E-state index in [1.54, 1.807) is 36.1 Å². The number of anilines is 1. The number of fused-ring (bicyclic) bond motifs is 1. The number of nitrogens with zero attached hydrogens (tertiary/aromatic N) is 2. The van der Waals surface area contributed by atoms with Crippen LogP contribution in [0.15, 0.2) is 40.1 Å². The molecule has 0 saturated carbocycles. The number of benzene rings is 1. The van der Waals surface area contributed by atoms with Crippen LogP contribution in [-0.2, 0) is 4.79 Å². The lowest BCUT2D eigenvalue weighted by Crippen LogP contribution is -2.42. The van der Waals surface area contributed by atoms with Gasteiger partial charge in [0, 0.05) is 19.2 Å². The van der Waals surface area contributed by atoms with Gasteiger partial charge in [0.2, 0.25) is 5.91 Å². The molecule has 1 saturated heterocycles. The molecule has 0 bridgehead atoms. The van der Waals surface area contributed by atoms with Crippen molar-refractivity contribution in [3.8, 4) is 0 Å². The highest BCUT2D eigenvalue weighted by molar-refractivity contribution is 7.12. The van der Waals surface area contributed by atoms with E-state index in [0.29, 0.717) is 40.5 Å². The van der Waals surface area contributed by atoms with Crippen LogP contribution >= 0.6 is 11.3 Å². The van der Waals surface area contributed by atoms with Crippen molar-refractivity contribution >= 4 is 39.9 Å². The smallest absolute Gasteiger partial charge is 0.264 e. The van der Waals surface area contributed by atoms with E-state index in [2.05, 4.69) is 10.3 Å². The van der Waals surface area contributed by atoms with Gasteiger partial charge >= 0.3 is 0 Å². The summed E-state index contributed by atoms with van der Waals surface area (Å²) < 4.78 is 5.44. The summed E-state index contributed by atoms with van der Waals surface area (Å²) >= 11 is 1.40. The summed E-state index contributed by atoms with van der Waals surface area (Å²) in [5.41, 5.74) is 2.04. The van der Waals surface area contributed by atoms with E-state index in [0.717, 1.165) is 6.42 Å². The molecule has 4 rings (SSSR count). The summed E-state index contributed by atoms with van der Waals surface area (Å²) in [6, 6.07) is 8.55. The Morgan fingerprint density at radius 3 is 3.04 bits per heavy atom. The van der Waals surface area contributed by atoms with Crippen molar-refractivity contribution in [3.63, 3.8) is 0 Å². The maximum absolute atomic E-state index is 12.7. The number of aryl methyl sites for hydroxylation is 1. The van der Waals surface area contributed by atoms with E-state index >= 15 is 0 Å². The maximum Gasteiger partial charge on any atom is 0.264 e. The molecule has 1 N–H and O–H groups in total. The Morgan fingerprint density at radius 1 is 1.36 bits per heavy atom. The molecule has 3 heterocycles. The number of likely N-dealkylation sites (tertiary alicyclic amines) is 1. The molecule has 1 fully saturated rings. The van der Waals surface area contributed by atoms with E-state index in [1.165, 1.54) is 11.3 Å². The molecule has 0 aliphatic carbocycles. The summed E-state index contributed by atoms with van der Waals surface area (Å²) in [7, 11) is 0. The largest absolute Gasteiger partial charge is 0.441 e. The number of oxazole rings is 1. The second-order valence-corrected chi connectivity index (χ2v) is 6.99. The molecule has 2 amide bonds. The van der Waals surface area contributed by atoms with E-state index in [4.69, 9.17) is 4.42 Å². The predicted octanol–water partition coefficient (Wildman–Crippen LogP) is 3.44. The van der Waals surface area contributed by atoms with Crippen molar-refractivity contribution < 1.29 is 14.0 Å². The molecule has 128 valence electrons. The molecule has 25 heavy (non-hydrogen) atoms. The first-order valence-corrected chi connectivity index (χ1v) is 9.02. The topological polar surface area (TPSA) is 75.4 Å². The van der Waals surface area contributed by atoms with Gasteiger partial charge in [-0.15, -0.1) is 11.3 Å². The quantitative estimate of drug-likeness (QED) is 0.781. The number of thiophene rings is 1. The van der Waals surface area contributed by atoms with Gasteiger partial charge in [0.25, 0.3) is 5.91 Å². The number of carbonyl (C=O) groups is 2. The molecule has 1 aliphatic heterocycles. The molecule has 0 spiro atoms. The molecule has 1 aliphatic rings. The van der Waals surface area contributed by atoms with Crippen LogP contribution in [0, 0.1) is 6.92 Å². The minimum Gasteiger partial charge on any atom is -0.441 e. The first-order chi connectivity index (χ1) is 12.1. The summed E-state index contributed by atoms with van der Waals surface area (Å²) in [6.07, 6.45) is 1.50. The average molecular weight is 355 g/mol. The lowest BCUT2D eigenvalue weighted by Gasteiger charge is -2.23. The number of hydrogen-bond donors (Lipinski definition) is 1. The fourth-order valence-electron chi connectivity index (χ4n) is 3.17. The Kier molecular flexibility index (Phi) is 4.01. The fourth-order valence-corrected chi connectivity index (χ4v) is 3.85. The van der Waals surface area contributed by atoms with Crippen molar-refractivity contribution in [2.24, 2.45) is 0 Å². The van der Waals surface area contributed by atoms with Crippen LogP contribution in [0.25, 0.3) is 11.1 Å². The van der Waals surface area contributed by atoms with Gasteiger partial charge in [-0.05, 0) is 42.5 Å². The molecule has 7 heteroatoms. The van der Waals surface area contributed by atoms with E-state index in [9.17, 15) is 9.59 Å². The molecule has 3 aromatic rings. The van der Waals surface area contributed by atoms with Gasteiger partial charge in [-0.1, -0.05) is 6.07 Å². The number of carbonyl (C=O) groups excluding carboxylic acids is 2. The second kappa shape index (κ2) is 6.33. The van der Waals surface area contributed by atoms with Crippen molar-refractivity contribution in [2.75, 3.05) is 11.9 Å². The zero-order valence-corrected chi connectivity index (χ0v) is 14.5. The van der Waals surface area contributed by atoms with Gasteiger partial charge in [-0.3, -0.25) is 9.59 Å². The SMILES string of the molecule is Cc1nc2cc(NC(=O)C3CCCN3C(=O)c3cccs3)ccc2o1. The van der Waals surface area contributed by atoms with Crippen LogP contribution in [0.5, 0.6) is 0 Å². The van der Waals surface area contributed by atoms with Crippen molar-refractivity contribution in [1.82, 2.24) is 9.88 Å². The summed E-state index contributed by atoms with van der Waals surface area (Å²) in [4.78, 5) is 31.9. The van der Waals surface area contributed by atoms with Gasteiger partial charge in [-0.2, -0.15) is 0 Å². The minimum atomic E-state index is -0.440. The van der Waals surface area contributed by atoms with Gasteiger partial charge < -0.3 is 14.6 Å². The van der Waals surface area contributed by atoms with Crippen LogP contribution in [0.2, 0.25) is 0 Å². The zero-order chi connectivity index (χ0) is 17.4. The molecule has 2 aromatic heterocycles. The van der Waals surface area contributed by atoms with Crippen LogP contribution < -0.4 is 5.32 Å². The Labute approximate surface area is 148 Å². The summed E-state index contributed by atoms with van der Waals surface area (Å²) in [5, 5.41) is 4.77. The Hall–Kier alpha value is -2.67. The van der Waals surface area contributed by atoms with Crippen LogP contribution in [-0.4, -0.2) is 34.3 Å². The van der Waals surface area contributed by atoms with E-state index < -0.39 is 6.04 Å². The number of rotatable bonds is 3. The maximum atomic E-state index is 12.7. The summed E-state index contributed by atoms with van der Waals surface area (Å²) in [5.74, 6) is 0.346. The molecule has 1 aromatic carbocycles. The first kappa shape index (κ1) is 15.8. The molecular formula is C18H17N3O3S. The fraction of sp³-hybridized carbons (Fsp3) is 0.278. The average Bonchev–Trinajstić information content (AvgIpc) is 3.33. The van der Waals surface area contributed by atoms with Gasteiger partial charge in [0.1, 0.15) is 11.6 Å². The highest BCUT2D eigenvalue weighted by Gasteiger charge is 2.34. The lowest BCUT2D eigenvalue weighted by molar-refractivity contribution is -0.119. The zero-order valence-electron chi connectivity index (χ0n) is 13.7. The first-order valence-electron chi connectivity index (χ1n) is 8.14. The van der Waals surface area contributed by atoms with Crippen molar-refractivity contribution in [3.05, 3.63) is 46.5 Å². The molecule has 6 nitrogen and oxygen atoms in total. The number of nitrogens with one attached hydrogen (secondary N) is 1. The third-order valence-electron chi connectivity index (χ3n) is 4.31. The van der Waals surface area contributed by atoms with Crippen LogP contribution in [0.1, 0.15) is 28.4 Å². The predicted molar refractivity (Wildman–Crippen MR) is 95.8 cm³/mol. The van der Waals surface area contributed by atoms with Gasteiger partial charge in [0.15, 0.2) is 11.5 Å². The highest BCUT2D eigenvalue weighted by atomic mass is 32.1. The van der Waals surface area contributed by atoms with E-state index in [-0.39, 0.29) is 11.8 Å². The van der Waals surface area contributed by atoms with E-state index in [1.807, 2.05) is 11.4 Å². The summed E-state index contributed by atoms with van der Waals surface area (Å²) in [6.45, 7) is 2.39. The molecule has 1 unspecified atom stereocenters. The minimum absolute atomic E-state index is 0.0739. The number of amides is 2. The number of aromatic nitrogens is 1. The van der Waals surface area contributed by atoms with Crippen molar-refractivity contribution in [2.45, 2.75) is 25.8 Å². The second-order valence-electron chi connectivity index (χ2n) is 6.04. The van der Waals surface area contributed by atoms with Gasteiger partial charge in [-0.25, -0.2) is 4.98 Å². The van der Waals surface area contributed by atoms with Crippen LogP contribution in [0.3, 0.4) is 0 Å². The Bertz CT molecular complexity index is 932. The lowest BCUT2D eigenvalue weighted by atomic mass is 10.2.